The lowest BCUT2D eigenvalue weighted by atomic mass is 9.91. The molecule has 110 valence electrons. The van der Waals surface area contributed by atoms with Crippen molar-refractivity contribution in [2.75, 3.05) is 20.2 Å². The highest BCUT2D eigenvalue weighted by Crippen LogP contribution is 2.20. The number of β-amino-alcohol motifs (C(OH)–C–C–N with tert-alkyl or cyclic N) is 1. The molecule has 0 aromatic heterocycles. The predicted molar refractivity (Wildman–Crippen MR) is 67.3 cm³/mol. The Hall–Kier alpha value is -1.34. The van der Waals surface area contributed by atoms with Crippen LogP contribution >= 0.6 is 0 Å². The zero-order valence-electron chi connectivity index (χ0n) is 11.8. The SMILES string of the molecule is COC(=O)[C@H]1CN(C(=O)OC(C)(C)C)C[C@@H](O)[C@@H]1N. The number of amides is 1. The third kappa shape index (κ3) is 4.07. The molecule has 0 spiro atoms. The standard InChI is InChI=1S/C12H22N2O5/c1-12(2,3)19-11(17)14-5-7(10(16)18-4)9(13)8(15)6-14/h7-9,15H,5-6,13H2,1-4H3/t7-,8+,9+/m0/s1. The van der Waals surface area contributed by atoms with E-state index in [2.05, 4.69) is 4.74 Å². The third-order valence-corrected chi connectivity index (χ3v) is 2.89. The molecule has 0 saturated carbocycles. The van der Waals surface area contributed by atoms with Crippen molar-refractivity contribution in [2.45, 2.75) is 38.5 Å². The van der Waals surface area contributed by atoms with Gasteiger partial charge in [0.2, 0.25) is 0 Å². The normalized spacial score (nSPS) is 27.9. The summed E-state index contributed by atoms with van der Waals surface area (Å²) >= 11 is 0. The summed E-state index contributed by atoms with van der Waals surface area (Å²) in [6, 6.07) is -0.744. The quantitative estimate of drug-likeness (QED) is 0.637. The molecule has 1 rings (SSSR count). The van der Waals surface area contributed by atoms with E-state index in [4.69, 9.17) is 10.5 Å². The van der Waals surface area contributed by atoms with Crippen LogP contribution in [0.4, 0.5) is 4.79 Å². The van der Waals surface area contributed by atoms with Crippen LogP contribution in [0.1, 0.15) is 20.8 Å². The summed E-state index contributed by atoms with van der Waals surface area (Å²) in [6.07, 6.45) is -1.56. The average Bonchev–Trinajstić information content (AvgIpc) is 2.29. The largest absolute Gasteiger partial charge is 0.469 e. The molecule has 0 aromatic carbocycles. The molecule has 1 aliphatic heterocycles. The van der Waals surface area contributed by atoms with Gasteiger partial charge < -0.3 is 25.2 Å². The molecule has 0 bridgehead atoms. The van der Waals surface area contributed by atoms with E-state index in [1.807, 2.05) is 0 Å². The number of nitrogens with two attached hydrogens (primary N) is 1. The van der Waals surface area contributed by atoms with E-state index in [0.29, 0.717) is 0 Å². The van der Waals surface area contributed by atoms with Crippen molar-refractivity contribution in [1.82, 2.24) is 4.90 Å². The van der Waals surface area contributed by atoms with Gasteiger partial charge in [-0.3, -0.25) is 4.79 Å². The lowest BCUT2D eigenvalue weighted by Crippen LogP contribution is -2.60. The number of nitrogens with zero attached hydrogens (tertiary/aromatic N) is 1. The van der Waals surface area contributed by atoms with E-state index in [-0.39, 0.29) is 13.1 Å². The number of carbonyl (C=O) groups is 2. The van der Waals surface area contributed by atoms with Gasteiger partial charge in [0, 0.05) is 12.6 Å². The fourth-order valence-electron chi connectivity index (χ4n) is 1.91. The number of aliphatic hydroxyl groups excluding tert-OH is 1. The number of hydrogen-bond donors (Lipinski definition) is 2. The zero-order valence-corrected chi connectivity index (χ0v) is 11.8. The Morgan fingerprint density at radius 2 is 1.89 bits per heavy atom. The maximum absolute atomic E-state index is 11.9. The van der Waals surface area contributed by atoms with Gasteiger partial charge in [-0.25, -0.2) is 4.79 Å². The molecule has 19 heavy (non-hydrogen) atoms. The van der Waals surface area contributed by atoms with Gasteiger partial charge in [0.15, 0.2) is 0 Å². The molecule has 7 nitrogen and oxygen atoms in total. The lowest BCUT2D eigenvalue weighted by Gasteiger charge is -2.39. The first-order valence-electron chi connectivity index (χ1n) is 6.15. The van der Waals surface area contributed by atoms with E-state index < -0.39 is 35.7 Å². The van der Waals surface area contributed by atoms with Gasteiger partial charge in [0.1, 0.15) is 5.60 Å². The molecule has 3 N–H and O–H groups in total. The van der Waals surface area contributed by atoms with E-state index in [0.717, 1.165) is 0 Å². The van der Waals surface area contributed by atoms with Crippen molar-refractivity contribution in [3.63, 3.8) is 0 Å². The lowest BCUT2D eigenvalue weighted by molar-refractivity contribution is -0.150. The summed E-state index contributed by atoms with van der Waals surface area (Å²) in [5, 5.41) is 9.83. The van der Waals surface area contributed by atoms with Crippen LogP contribution in [0.2, 0.25) is 0 Å². The highest BCUT2D eigenvalue weighted by Gasteiger charge is 2.41. The first kappa shape index (κ1) is 15.7. The summed E-state index contributed by atoms with van der Waals surface area (Å²) in [4.78, 5) is 24.8. The molecule has 0 aromatic rings. The van der Waals surface area contributed by atoms with Gasteiger partial charge >= 0.3 is 12.1 Å². The first-order valence-corrected chi connectivity index (χ1v) is 6.15. The van der Waals surface area contributed by atoms with Crippen LogP contribution in [0, 0.1) is 5.92 Å². The van der Waals surface area contributed by atoms with Crippen molar-refractivity contribution in [1.29, 1.82) is 0 Å². The summed E-state index contributed by atoms with van der Waals surface area (Å²) in [5.41, 5.74) is 5.12. The number of ether oxygens (including phenoxy) is 2. The van der Waals surface area contributed by atoms with Crippen LogP contribution in [0.5, 0.6) is 0 Å². The maximum atomic E-state index is 11.9. The Balaban J connectivity index is 2.76. The Morgan fingerprint density at radius 1 is 1.32 bits per heavy atom. The summed E-state index contributed by atoms with van der Waals surface area (Å²) in [7, 11) is 1.24. The number of methoxy groups -OCH3 is 1. The molecule has 3 atom stereocenters. The topological polar surface area (TPSA) is 102 Å². The van der Waals surface area contributed by atoms with Gasteiger partial charge in [0.05, 0.1) is 25.7 Å². The van der Waals surface area contributed by atoms with E-state index in [1.165, 1.54) is 12.0 Å². The minimum Gasteiger partial charge on any atom is -0.469 e. The minimum absolute atomic E-state index is 0.0452. The number of likely N-dealkylation sites (tertiary alicyclic amines) is 1. The fraction of sp³-hybridized carbons (Fsp3) is 0.833. The molecule has 0 radical (unpaired) electrons. The molecule has 1 amide bonds. The molecule has 1 saturated heterocycles. The molecule has 1 fully saturated rings. The number of esters is 1. The van der Waals surface area contributed by atoms with Crippen molar-refractivity contribution < 1.29 is 24.2 Å². The van der Waals surface area contributed by atoms with E-state index >= 15 is 0 Å². The molecular formula is C12H22N2O5. The van der Waals surface area contributed by atoms with Crippen LogP contribution in [0.15, 0.2) is 0 Å². The number of carbonyl (C=O) groups excluding carboxylic acids is 2. The van der Waals surface area contributed by atoms with Gasteiger partial charge in [-0.2, -0.15) is 0 Å². The van der Waals surface area contributed by atoms with Crippen molar-refractivity contribution >= 4 is 12.1 Å². The minimum atomic E-state index is -0.981. The fourth-order valence-corrected chi connectivity index (χ4v) is 1.91. The third-order valence-electron chi connectivity index (χ3n) is 2.89. The maximum Gasteiger partial charge on any atom is 0.410 e. The van der Waals surface area contributed by atoms with E-state index in [9.17, 15) is 14.7 Å². The van der Waals surface area contributed by atoms with Crippen LogP contribution in [-0.4, -0.2) is 60.0 Å². The van der Waals surface area contributed by atoms with Crippen LogP contribution in [0.3, 0.4) is 0 Å². The number of rotatable bonds is 1. The van der Waals surface area contributed by atoms with Gasteiger partial charge in [0.25, 0.3) is 0 Å². The molecular weight excluding hydrogens is 252 g/mol. The molecule has 1 aliphatic rings. The molecule has 7 heteroatoms. The van der Waals surface area contributed by atoms with Crippen molar-refractivity contribution in [3.8, 4) is 0 Å². The Bertz CT molecular complexity index is 353. The Labute approximate surface area is 112 Å². The predicted octanol–water partition coefficient (Wildman–Crippen LogP) is -0.285. The first-order chi connectivity index (χ1) is 8.65. The monoisotopic (exact) mass is 274 g/mol. The number of aliphatic hydroxyl groups is 1. The Morgan fingerprint density at radius 3 is 2.37 bits per heavy atom. The summed E-state index contributed by atoms with van der Waals surface area (Å²) in [6.45, 7) is 5.36. The summed E-state index contributed by atoms with van der Waals surface area (Å²) < 4.78 is 9.83. The van der Waals surface area contributed by atoms with Gasteiger partial charge in [-0.1, -0.05) is 0 Å². The van der Waals surface area contributed by atoms with Crippen LogP contribution in [-0.2, 0) is 14.3 Å². The number of hydrogen-bond acceptors (Lipinski definition) is 6. The second-order valence-corrected chi connectivity index (χ2v) is 5.66. The second kappa shape index (κ2) is 5.75. The second-order valence-electron chi connectivity index (χ2n) is 5.66. The van der Waals surface area contributed by atoms with Crippen molar-refractivity contribution in [3.05, 3.63) is 0 Å². The highest BCUT2D eigenvalue weighted by molar-refractivity contribution is 5.76. The average molecular weight is 274 g/mol. The zero-order chi connectivity index (χ0) is 14.8. The van der Waals surface area contributed by atoms with Crippen LogP contribution < -0.4 is 5.73 Å². The molecule has 1 heterocycles. The smallest absolute Gasteiger partial charge is 0.410 e. The van der Waals surface area contributed by atoms with Gasteiger partial charge in [-0.15, -0.1) is 0 Å². The molecule has 0 aliphatic carbocycles. The van der Waals surface area contributed by atoms with Crippen LogP contribution in [0.25, 0.3) is 0 Å². The highest BCUT2D eigenvalue weighted by atomic mass is 16.6. The van der Waals surface area contributed by atoms with Gasteiger partial charge in [-0.05, 0) is 20.8 Å². The number of piperidine rings is 1. The Kier molecular flexibility index (Phi) is 4.75. The van der Waals surface area contributed by atoms with Crippen molar-refractivity contribution in [2.24, 2.45) is 11.7 Å². The molecule has 0 unspecified atom stereocenters. The van der Waals surface area contributed by atoms with E-state index in [1.54, 1.807) is 20.8 Å². The summed E-state index contributed by atoms with van der Waals surface area (Å²) in [5.74, 6) is -1.29.